The summed E-state index contributed by atoms with van der Waals surface area (Å²) in [6.45, 7) is 2.22. The van der Waals surface area contributed by atoms with Crippen molar-refractivity contribution in [1.82, 2.24) is 19.4 Å². The summed E-state index contributed by atoms with van der Waals surface area (Å²) in [5.41, 5.74) is 4.46. The molecule has 100 valence electrons. The van der Waals surface area contributed by atoms with Crippen molar-refractivity contribution < 1.29 is 0 Å². The fraction of sp³-hybridized carbons (Fsp3) is 0.600. The van der Waals surface area contributed by atoms with Gasteiger partial charge in [-0.1, -0.05) is 12.8 Å². The first-order chi connectivity index (χ1) is 9.21. The Balaban J connectivity index is 2.06. The lowest BCUT2D eigenvalue weighted by atomic mass is 9.75. The van der Waals surface area contributed by atoms with Gasteiger partial charge in [0, 0.05) is 42.8 Å². The number of aromatic nitrogens is 3. The minimum Gasteiger partial charge on any atom is -0.331 e. The van der Waals surface area contributed by atoms with Gasteiger partial charge in [0.15, 0.2) is 0 Å². The lowest BCUT2D eigenvalue weighted by Crippen LogP contribution is -2.42. The second-order valence-electron chi connectivity index (χ2n) is 6.30. The van der Waals surface area contributed by atoms with Gasteiger partial charge in [-0.15, -0.1) is 0 Å². The fourth-order valence-electron chi connectivity index (χ4n) is 4.36. The number of fused-ring (bicyclic) bond motifs is 4. The molecule has 1 aliphatic carbocycles. The second-order valence-corrected chi connectivity index (χ2v) is 6.30. The van der Waals surface area contributed by atoms with Crippen LogP contribution in [0.4, 0.5) is 0 Å². The Morgan fingerprint density at radius 1 is 1.21 bits per heavy atom. The summed E-state index contributed by atoms with van der Waals surface area (Å²) in [4.78, 5) is 11.2. The molecule has 1 spiro atoms. The molecule has 4 heteroatoms. The number of rotatable bonds is 0. The fourth-order valence-corrected chi connectivity index (χ4v) is 4.36. The molecule has 0 bridgehead atoms. The van der Waals surface area contributed by atoms with Crippen molar-refractivity contribution in [3.8, 4) is 0 Å². The SMILES string of the molecule is CN1Cc2c(c3cncnc3n2C)C2(CCCC2)C1. The topological polar surface area (TPSA) is 34.0 Å². The zero-order valence-electron chi connectivity index (χ0n) is 11.7. The van der Waals surface area contributed by atoms with Gasteiger partial charge in [0.05, 0.1) is 0 Å². The molecular formula is C15H20N4. The Morgan fingerprint density at radius 3 is 2.79 bits per heavy atom. The van der Waals surface area contributed by atoms with Crippen molar-refractivity contribution in [3.05, 3.63) is 23.8 Å². The van der Waals surface area contributed by atoms with Crippen LogP contribution < -0.4 is 0 Å². The van der Waals surface area contributed by atoms with E-state index in [1.54, 1.807) is 11.9 Å². The number of nitrogens with zero attached hydrogens (tertiary/aromatic N) is 4. The monoisotopic (exact) mass is 256 g/mol. The van der Waals surface area contributed by atoms with Gasteiger partial charge < -0.3 is 4.57 Å². The van der Waals surface area contributed by atoms with Crippen molar-refractivity contribution in [2.24, 2.45) is 7.05 Å². The van der Waals surface area contributed by atoms with Gasteiger partial charge in [0.1, 0.15) is 12.0 Å². The number of hydrogen-bond donors (Lipinski definition) is 0. The lowest BCUT2D eigenvalue weighted by molar-refractivity contribution is 0.209. The standard InChI is InChI=1S/C15H20N4/c1-18-8-12-13(15(9-18)5-3-4-6-15)11-7-16-10-17-14(11)19(12)2/h7,10H,3-6,8-9H2,1-2H3. The quantitative estimate of drug-likeness (QED) is 0.725. The number of aryl methyl sites for hydroxylation is 1. The van der Waals surface area contributed by atoms with Crippen LogP contribution in [0.25, 0.3) is 11.0 Å². The van der Waals surface area contributed by atoms with E-state index in [0.717, 1.165) is 12.2 Å². The van der Waals surface area contributed by atoms with Crippen molar-refractivity contribution in [1.29, 1.82) is 0 Å². The molecule has 4 nitrogen and oxygen atoms in total. The summed E-state index contributed by atoms with van der Waals surface area (Å²) in [5.74, 6) is 0. The Kier molecular flexibility index (Phi) is 2.28. The van der Waals surface area contributed by atoms with Crippen LogP contribution in [0.15, 0.2) is 12.5 Å². The largest absolute Gasteiger partial charge is 0.331 e. The number of likely N-dealkylation sites (N-methyl/N-ethyl adjacent to an activating group) is 1. The Hall–Kier alpha value is -1.42. The maximum absolute atomic E-state index is 4.50. The van der Waals surface area contributed by atoms with E-state index in [2.05, 4.69) is 33.5 Å². The zero-order valence-corrected chi connectivity index (χ0v) is 11.7. The average Bonchev–Trinajstić information content (AvgIpc) is 2.96. The number of hydrogen-bond acceptors (Lipinski definition) is 3. The summed E-state index contributed by atoms with van der Waals surface area (Å²) < 4.78 is 2.28. The third kappa shape index (κ3) is 1.43. The van der Waals surface area contributed by atoms with Crippen LogP contribution >= 0.6 is 0 Å². The molecule has 0 aromatic carbocycles. The molecule has 2 aromatic heterocycles. The third-order valence-corrected chi connectivity index (χ3v) is 5.05. The van der Waals surface area contributed by atoms with Crippen molar-refractivity contribution >= 4 is 11.0 Å². The van der Waals surface area contributed by atoms with Gasteiger partial charge in [0.25, 0.3) is 0 Å². The summed E-state index contributed by atoms with van der Waals surface area (Å²) in [6.07, 6.45) is 9.04. The highest BCUT2D eigenvalue weighted by Gasteiger charge is 2.43. The lowest BCUT2D eigenvalue weighted by Gasteiger charge is -2.39. The predicted molar refractivity (Wildman–Crippen MR) is 75.0 cm³/mol. The van der Waals surface area contributed by atoms with Crippen molar-refractivity contribution in [2.75, 3.05) is 13.6 Å². The molecule has 0 atom stereocenters. The maximum Gasteiger partial charge on any atom is 0.143 e. The Bertz CT molecular complexity index is 637. The highest BCUT2D eigenvalue weighted by molar-refractivity contribution is 5.83. The Morgan fingerprint density at radius 2 is 2.00 bits per heavy atom. The molecule has 3 heterocycles. The van der Waals surface area contributed by atoms with E-state index in [-0.39, 0.29) is 0 Å². The normalized spacial score (nSPS) is 22.2. The van der Waals surface area contributed by atoms with E-state index < -0.39 is 0 Å². The molecule has 4 rings (SSSR count). The summed E-state index contributed by atoms with van der Waals surface area (Å²) >= 11 is 0. The first-order valence-electron chi connectivity index (χ1n) is 7.18. The average molecular weight is 256 g/mol. The molecule has 0 saturated heterocycles. The van der Waals surface area contributed by atoms with Crippen LogP contribution in [0.2, 0.25) is 0 Å². The first kappa shape index (κ1) is 11.4. The minimum absolute atomic E-state index is 0.354. The smallest absolute Gasteiger partial charge is 0.143 e. The van der Waals surface area contributed by atoms with E-state index >= 15 is 0 Å². The van der Waals surface area contributed by atoms with E-state index in [0.29, 0.717) is 5.41 Å². The van der Waals surface area contributed by atoms with E-state index in [1.807, 2.05) is 6.20 Å². The van der Waals surface area contributed by atoms with E-state index in [4.69, 9.17) is 0 Å². The molecule has 1 aliphatic heterocycles. The van der Waals surface area contributed by atoms with Gasteiger partial charge in [-0.3, -0.25) is 4.90 Å². The molecule has 1 saturated carbocycles. The van der Waals surface area contributed by atoms with Crippen LogP contribution in [-0.4, -0.2) is 33.0 Å². The minimum atomic E-state index is 0.354. The molecule has 19 heavy (non-hydrogen) atoms. The maximum atomic E-state index is 4.50. The third-order valence-electron chi connectivity index (χ3n) is 5.05. The summed E-state index contributed by atoms with van der Waals surface area (Å²) in [7, 11) is 4.39. The summed E-state index contributed by atoms with van der Waals surface area (Å²) in [6, 6.07) is 0. The van der Waals surface area contributed by atoms with E-state index in [9.17, 15) is 0 Å². The van der Waals surface area contributed by atoms with Crippen molar-refractivity contribution in [3.63, 3.8) is 0 Å². The van der Waals surface area contributed by atoms with Gasteiger partial charge in [-0.2, -0.15) is 0 Å². The van der Waals surface area contributed by atoms with Crippen LogP contribution in [0.5, 0.6) is 0 Å². The highest BCUT2D eigenvalue weighted by Crippen LogP contribution is 2.48. The van der Waals surface area contributed by atoms with Crippen LogP contribution in [-0.2, 0) is 19.0 Å². The molecule has 0 unspecified atom stereocenters. The molecule has 1 fully saturated rings. The second kappa shape index (κ2) is 3.79. The zero-order chi connectivity index (χ0) is 13.0. The molecule has 2 aliphatic rings. The molecular weight excluding hydrogens is 236 g/mol. The van der Waals surface area contributed by atoms with Gasteiger partial charge in [0.2, 0.25) is 0 Å². The molecule has 2 aromatic rings. The first-order valence-corrected chi connectivity index (χ1v) is 7.18. The van der Waals surface area contributed by atoms with E-state index in [1.165, 1.54) is 43.3 Å². The van der Waals surface area contributed by atoms with Crippen LogP contribution in [0, 0.1) is 0 Å². The highest BCUT2D eigenvalue weighted by atomic mass is 15.2. The van der Waals surface area contributed by atoms with Crippen LogP contribution in [0.3, 0.4) is 0 Å². The summed E-state index contributed by atoms with van der Waals surface area (Å²) in [5, 5.41) is 1.29. The van der Waals surface area contributed by atoms with Gasteiger partial charge in [-0.25, -0.2) is 9.97 Å². The predicted octanol–water partition coefficient (Wildman–Crippen LogP) is 2.23. The Labute approximate surface area is 113 Å². The van der Waals surface area contributed by atoms with Gasteiger partial charge in [-0.05, 0) is 25.5 Å². The molecule has 0 N–H and O–H groups in total. The van der Waals surface area contributed by atoms with Crippen LogP contribution in [0.1, 0.15) is 36.9 Å². The van der Waals surface area contributed by atoms with Crippen molar-refractivity contribution in [2.45, 2.75) is 37.6 Å². The molecule has 0 amide bonds. The van der Waals surface area contributed by atoms with Gasteiger partial charge >= 0.3 is 0 Å². The molecule has 0 radical (unpaired) electrons.